The molecule has 1 aliphatic rings. The Hall–Kier alpha value is -1.26. The van der Waals surface area contributed by atoms with E-state index in [9.17, 15) is 4.79 Å². The number of carbonyl (C=O) groups is 1. The van der Waals surface area contributed by atoms with Crippen LogP contribution in [0.2, 0.25) is 5.02 Å². The summed E-state index contributed by atoms with van der Waals surface area (Å²) in [6.45, 7) is 2.68. The van der Waals surface area contributed by atoms with E-state index < -0.39 is 0 Å². The third kappa shape index (κ3) is 2.94. The van der Waals surface area contributed by atoms with Gasteiger partial charge in [-0.1, -0.05) is 17.7 Å². The van der Waals surface area contributed by atoms with Gasteiger partial charge in [0, 0.05) is 12.6 Å². The molecule has 4 nitrogen and oxygen atoms in total. The minimum Gasteiger partial charge on any atom is -0.398 e. The lowest BCUT2D eigenvalue weighted by atomic mass is 10.0. The van der Waals surface area contributed by atoms with E-state index in [-0.39, 0.29) is 18.1 Å². The van der Waals surface area contributed by atoms with E-state index in [4.69, 9.17) is 22.1 Å². The smallest absolute Gasteiger partial charge is 0.253 e. The molecule has 1 saturated heterocycles. The fourth-order valence-corrected chi connectivity index (χ4v) is 2.33. The summed E-state index contributed by atoms with van der Waals surface area (Å²) in [5.74, 6) is -0.175. The van der Waals surface area contributed by atoms with E-state index in [1.54, 1.807) is 18.2 Å². The maximum absolute atomic E-state index is 12.1. The highest BCUT2D eigenvalue weighted by molar-refractivity contribution is 6.36. The van der Waals surface area contributed by atoms with Gasteiger partial charge < -0.3 is 15.8 Å². The zero-order valence-electron chi connectivity index (χ0n) is 10.3. The number of rotatable bonds is 2. The van der Waals surface area contributed by atoms with Crippen molar-refractivity contribution in [3.05, 3.63) is 28.8 Å². The Labute approximate surface area is 111 Å². The second kappa shape index (κ2) is 5.59. The van der Waals surface area contributed by atoms with Crippen LogP contribution in [0.15, 0.2) is 18.2 Å². The quantitative estimate of drug-likeness (QED) is 0.809. The monoisotopic (exact) mass is 268 g/mol. The van der Waals surface area contributed by atoms with Crippen LogP contribution < -0.4 is 11.1 Å². The molecular weight excluding hydrogens is 252 g/mol. The summed E-state index contributed by atoms with van der Waals surface area (Å²) < 4.78 is 5.44. The first kappa shape index (κ1) is 13.2. The molecule has 1 aromatic carbocycles. The van der Waals surface area contributed by atoms with Crippen LogP contribution in [0.1, 0.15) is 30.1 Å². The minimum atomic E-state index is -0.175. The number of nitrogens with two attached hydrogens (primary N) is 1. The molecule has 0 aromatic heterocycles. The number of anilines is 1. The largest absolute Gasteiger partial charge is 0.398 e. The van der Waals surface area contributed by atoms with E-state index >= 15 is 0 Å². The highest BCUT2D eigenvalue weighted by Gasteiger charge is 2.22. The first-order valence-electron chi connectivity index (χ1n) is 6.04. The molecule has 3 N–H and O–H groups in total. The predicted molar refractivity (Wildman–Crippen MR) is 71.8 cm³/mol. The number of nitrogen functional groups attached to an aromatic ring is 1. The average Bonchev–Trinajstić information content (AvgIpc) is 2.32. The van der Waals surface area contributed by atoms with E-state index in [1.165, 1.54) is 0 Å². The van der Waals surface area contributed by atoms with Crippen molar-refractivity contribution < 1.29 is 9.53 Å². The van der Waals surface area contributed by atoms with Crippen molar-refractivity contribution in [2.75, 3.05) is 12.3 Å². The molecule has 0 saturated carbocycles. The van der Waals surface area contributed by atoms with Gasteiger partial charge in [0.1, 0.15) is 0 Å². The van der Waals surface area contributed by atoms with Gasteiger partial charge in [-0.2, -0.15) is 0 Å². The van der Waals surface area contributed by atoms with Crippen molar-refractivity contribution in [3.8, 4) is 0 Å². The SMILES string of the molecule is CC1CC(NC(=O)c2cccc(N)c2Cl)CCO1. The first-order valence-corrected chi connectivity index (χ1v) is 6.42. The number of nitrogens with one attached hydrogen (secondary N) is 1. The van der Waals surface area contributed by atoms with Crippen molar-refractivity contribution in [2.24, 2.45) is 0 Å². The standard InChI is InChI=1S/C13H17ClN2O2/c1-8-7-9(5-6-18-8)16-13(17)10-3-2-4-11(15)12(10)14/h2-4,8-9H,5-7,15H2,1H3,(H,16,17). The second-order valence-electron chi connectivity index (χ2n) is 4.58. The maximum atomic E-state index is 12.1. The van der Waals surface area contributed by atoms with Crippen LogP contribution in [-0.2, 0) is 4.74 Å². The van der Waals surface area contributed by atoms with Crippen molar-refractivity contribution >= 4 is 23.2 Å². The third-order valence-corrected chi connectivity index (χ3v) is 3.52. The Bertz CT molecular complexity index is 451. The van der Waals surface area contributed by atoms with E-state index in [0.29, 0.717) is 22.9 Å². The van der Waals surface area contributed by atoms with Crippen LogP contribution in [0.5, 0.6) is 0 Å². The summed E-state index contributed by atoms with van der Waals surface area (Å²) in [7, 11) is 0. The van der Waals surface area contributed by atoms with Gasteiger partial charge >= 0.3 is 0 Å². The van der Waals surface area contributed by atoms with Crippen molar-refractivity contribution in [1.82, 2.24) is 5.32 Å². The molecule has 18 heavy (non-hydrogen) atoms. The van der Waals surface area contributed by atoms with Gasteiger partial charge in [-0.05, 0) is 31.9 Å². The molecule has 98 valence electrons. The molecule has 0 aliphatic carbocycles. The molecule has 2 unspecified atom stereocenters. The highest BCUT2D eigenvalue weighted by Crippen LogP contribution is 2.23. The fourth-order valence-electron chi connectivity index (χ4n) is 2.12. The molecule has 0 radical (unpaired) electrons. The zero-order valence-corrected chi connectivity index (χ0v) is 11.0. The van der Waals surface area contributed by atoms with E-state index in [2.05, 4.69) is 5.32 Å². The highest BCUT2D eigenvalue weighted by atomic mass is 35.5. The van der Waals surface area contributed by atoms with Gasteiger partial charge in [-0.25, -0.2) is 0 Å². The molecule has 2 atom stereocenters. The molecule has 1 amide bonds. The summed E-state index contributed by atoms with van der Waals surface area (Å²) in [6.07, 6.45) is 1.84. The molecular formula is C13H17ClN2O2. The normalized spacial score (nSPS) is 23.7. The summed E-state index contributed by atoms with van der Waals surface area (Å²) in [6, 6.07) is 5.22. The molecule has 2 rings (SSSR count). The number of benzene rings is 1. The van der Waals surface area contributed by atoms with Gasteiger partial charge in [0.15, 0.2) is 0 Å². The molecule has 0 spiro atoms. The minimum absolute atomic E-state index is 0.138. The first-order chi connectivity index (χ1) is 8.58. The van der Waals surface area contributed by atoms with Gasteiger partial charge in [-0.15, -0.1) is 0 Å². The average molecular weight is 269 g/mol. The predicted octanol–water partition coefficient (Wildman–Crippen LogP) is 2.22. The number of ether oxygens (including phenoxy) is 1. The summed E-state index contributed by atoms with van der Waals surface area (Å²) in [5.41, 5.74) is 6.53. The second-order valence-corrected chi connectivity index (χ2v) is 4.96. The third-order valence-electron chi connectivity index (χ3n) is 3.09. The Balaban J connectivity index is 2.05. The maximum Gasteiger partial charge on any atom is 0.253 e. The molecule has 1 aliphatic heterocycles. The summed E-state index contributed by atoms with van der Waals surface area (Å²) in [5, 5.41) is 3.29. The number of halogens is 1. The van der Waals surface area contributed by atoms with Gasteiger partial charge in [0.2, 0.25) is 0 Å². The van der Waals surface area contributed by atoms with Crippen LogP contribution in [0.4, 0.5) is 5.69 Å². The van der Waals surface area contributed by atoms with Gasteiger partial charge in [-0.3, -0.25) is 4.79 Å². The Morgan fingerprint density at radius 1 is 1.56 bits per heavy atom. The number of carbonyl (C=O) groups excluding carboxylic acids is 1. The van der Waals surface area contributed by atoms with Crippen LogP contribution in [0.3, 0.4) is 0 Å². The van der Waals surface area contributed by atoms with Crippen LogP contribution >= 0.6 is 11.6 Å². The molecule has 0 bridgehead atoms. The van der Waals surface area contributed by atoms with Crippen molar-refractivity contribution in [2.45, 2.75) is 31.9 Å². The molecule has 5 heteroatoms. The fraction of sp³-hybridized carbons (Fsp3) is 0.462. The van der Waals surface area contributed by atoms with Crippen LogP contribution in [0.25, 0.3) is 0 Å². The van der Waals surface area contributed by atoms with Gasteiger partial charge in [0.05, 0.1) is 22.4 Å². The number of hydrogen-bond acceptors (Lipinski definition) is 3. The van der Waals surface area contributed by atoms with Crippen molar-refractivity contribution in [1.29, 1.82) is 0 Å². The number of amides is 1. The Morgan fingerprint density at radius 3 is 3.06 bits per heavy atom. The lowest BCUT2D eigenvalue weighted by Crippen LogP contribution is -2.41. The lowest BCUT2D eigenvalue weighted by molar-refractivity contribution is 0.0136. The topological polar surface area (TPSA) is 64.4 Å². The van der Waals surface area contributed by atoms with E-state index in [1.807, 2.05) is 6.92 Å². The summed E-state index contributed by atoms with van der Waals surface area (Å²) >= 11 is 6.02. The van der Waals surface area contributed by atoms with E-state index in [0.717, 1.165) is 12.8 Å². The van der Waals surface area contributed by atoms with Gasteiger partial charge in [0.25, 0.3) is 5.91 Å². The lowest BCUT2D eigenvalue weighted by Gasteiger charge is -2.28. The van der Waals surface area contributed by atoms with Crippen LogP contribution in [-0.4, -0.2) is 24.7 Å². The van der Waals surface area contributed by atoms with Crippen LogP contribution in [0, 0.1) is 0 Å². The van der Waals surface area contributed by atoms with Crippen molar-refractivity contribution in [3.63, 3.8) is 0 Å². The zero-order chi connectivity index (χ0) is 13.1. The molecule has 1 fully saturated rings. The molecule has 1 heterocycles. The number of hydrogen-bond donors (Lipinski definition) is 2. The summed E-state index contributed by atoms with van der Waals surface area (Å²) in [4.78, 5) is 12.1. The Kier molecular flexibility index (Phi) is 4.09. The molecule has 1 aromatic rings. The Morgan fingerprint density at radius 2 is 2.33 bits per heavy atom.